The average Bonchev–Trinajstić information content (AvgIpc) is 2.27. The van der Waals surface area contributed by atoms with Crippen LogP contribution in [0.15, 0.2) is 11.6 Å². The van der Waals surface area contributed by atoms with Gasteiger partial charge in [-0.05, 0) is 50.0 Å². The summed E-state index contributed by atoms with van der Waals surface area (Å²) in [4.78, 5) is 12.4. The highest BCUT2D eigenvalue weighted by molar-refractivity contribution is 6.00. The van der Waals surface area contributed by atoms with Gasteiger partial charge in [-0.3, -0.25) is 4.79 Å². The highest BCUT2D eigenvalue weighted by Crippen LogP contribution is 2.51. The molecule has 90 valence electrons. The third-order valence-electron chi connectivity index (χ3n) is 4.90. The maximum atomic E-state index is 12.4. The van der Waals surface area contributed by atoms with E-state index in [4.69, 9.17) is 0 Å². The van der Waals surface area contributed by atoms with Crippen LogP contribution in [0.25, 0.3) is 0 Å². The van der Waals surface area contributed by atoms with Crippen LogP contribution in [0, 0.1) is 17.3 Å². The molecule has 0 aromatic carbocycles. The molecule has 0 amide bonds. The zero-order chi connectivity index (χ0) is 11.9. The number of fused-ring (bicyclic) bond motifs is 1. The number of ketones is 1. The fraction of sp³-hybridized carbons (Fsp3) is 0.786. The molecular formula is C14H22O2. The quantitative estimate of drug-likeness (QED) is 0.640. The largest absolute Gasteiger partial charge is 0.393 e. The van der Waals surface area contributed by atoms with Crippen LogP contribution >= 0.6 is 0 Å². The van der Waals surface area contributed by atoms with E-state index in [-0.39, 0.29) is 17.4 Å². The first-order valence-corrected chi connectivity index (χ1v) is 6.38. The summed E-state index contributed by atoms with van der Waals surface area (Å²) in [5, 5.41) is 9.91. The molecule has 2 fully saturated rings. The number of allylic oxidation sites excluding steroid dienone is 2. The van der Waals surface area contributed by atoms with Gasteiger partial charge >= 0.3 is 0 Å². The van der Waals surface area contributed by atoms with Crippen LogP contribution in [0.2, 0.25) is 0 Å². The van der Waals surface area contributed by atoms with E-state index < -0.39 is 0 Å². The van der Waals surface area contributed by atoms with Crippen molar-refractivity contribution in [3.05, 3.63) is 11.6 Å². The second-order valence-corrected chi connectivity index (χ2v) is 5.67. The summed E-state index contributed by atoms with van der Waals surface area (Å²) >= 11 is 0. The first-order valence-electron chi connectivity index (χ1n) is 6.38. The Morgan fingerprint density at radius 1 is 1.44 bits per heavy atom. The van der Waals surface area contributed by atoms with Gasteiger partial charge in [0.1, 0.15) is 0 Å². The third kappa shape index (κ3) is 1.55. The molecule has 0 heterocycles. The van der Waals surface area contributed by atoms with Gasteiger partial charge in [-0.25, -0.2) is 0 Å². The van der Waals surface area contributed by atoms with Crippen LogP contribution in [-0.2, 0) is 4.79 Å². The molecule has 0 aliphatic heterocycles. The first kappa shape index (κ1) is 11.8. The summed E-state index contributed by atoms with van der Waals surface area (Å²) in [5.41, 5.74) is 0.793. The lowest BCUT2D eigenvalue weighted by Gasteiger charge is -2.49. The molecule has 2 heteroatoms. The fourth-order valence-corrected chi connectivity index (χ4v) is 3.67. The van der Waals surface area contributed by atoms with Crippen molar-refractivity contribution in [2.45, 2.75) is 52.6 Å². The van der Waals surface area contributed by atoms with Crippen molar-refractivity contribution in [2.75, 3.05) is 0 Å². The summed E-state index contributed by atoms with van der Waals surface area (Å²) in [6.45, 7) is 6.16. The van der Waals surface area contributed by atoms with Crippen LogP contribution in [0.4, 0.5) is 0 Å². The smallest absolute Gasteiger partial charge is 0.164 e. The van der Waals surface area contributed by atoms with Crippen LogP contribution in [0.1, 0.15) is 46.5 Å². The summed E-state index contributed by atoms with van der Waals surface area (Å²) in [5.74, 6) is 0.971. The van der Waals surface area contributed by atoms with Crippen molar-refractivity contribution in [1.29, 1.82) is 0 Å². The molecule has 2 saturated carbocycles. The number of hydrogen-bond donors (Lipinski definition) is 1. The highest BCUT2D eigenvalue weighted by atomic mass is 16.3. The summed E-state index contributed by atoms with van der Waals surface area (Å²) < 4.78 is 0. The normalized spacial score (nSPS) is 46.9. The first-order chi connectivity index (χ1) is 7.50. The van der Waals surface area contributed by atoms with E-state index in [0.29, 0.717) is 11.7 Å². The van der Waals surface area contributed by atoms with Crippen LogP contribution in [0.3, 0.4) is 0 Å². The Morgan fingerprint density at radius 3 is 2.75 bits per heavy atom. The Kier molecular flexibility index (Phi) is 2.95. The molecule has 2 rings (SSSR count). The second kappa shape index (κ2) is 3.99. The fourth-order valence-electron chi connectivity index (χ4n) is 3.67. The maximum Gasteiger partial charge on any atom is 0.164 e. The van der Waals surface area contributed by atoms with Gasteiger partial charge < -0.3 is 5.11 Å². The Morgan fingerprint density at radius 2 is 2.12 bits per heavy atom. The van der Waals surface area contributed by atoms with Gasteiger partial charge in [-0.15, -0.1) is 0 Å². The van der Waals surface area contributed by atoms with E-state index >= 15 is 0 Å². The molecule has 16 heavy (non-hydrogen) atoms. The zero-order valence-electron chi connectivity index (χ0n) is 10.5. The van der Waals surface area contributed by atoms with Crippen LogP contribution in [0.5, 0.6) is 0 Å². The van der Waals surface area contributed by atoms with Gasteiger partial charge in [0.05, 0.1) is 6.10 Å². The topological polar surface area (TPSA) is 37.3 Å². The summed E-state index contributed by atoms with van der Waals surface area (Å²) in [6, 6.07) is 0. The molecule has 2 unspecified atom stereocenters. The molecular weight excluding hydrogens is 200 g/mol. The van der Waals surface area contributed by atoms with Gasteiger partial charge in [-0.2, -0.15) is 0 Å². The van der Waals surface area contributed by atoms with Crippen molar-refractivity contribution in [2.24, 2.45) is 17.3 Å². The van der Waals surface area contributed by atoms with E-state index in [0.717, 1.165) is 31.3 Å². The Labute approximate surface area is 97.7 Å². The number of carbonyl (C=O) groups is 1. The number of aliphatic hydroxyl groups is 1. The predicted molar refractivity (Wildman–Crippen MR) is 64.0 cm³/mol. The number of Topliss-reactive ketones (excluding diaryl/α,β-unsaturated/α-hetero) is 1. The minimum atomic E-state index is -0.210. The van der Waals surface area contributed by atoms with Gasteiger partial charge in [0.15, 0.2) is 5.78 Å². The molecule has 2 nitrogen and oxygen atoms in total. The maximum absolute atomic E-state index is 12.4. The van der Waals surface area contributed by atoms with Gasteiger partial charge in [0.25, 0.3) is 0 Å². The molecule has 0 bridgehead atoms. The Hall–Kier alpha value is -0.630. The van der Waals surface area contributed by atoms with Gasteiger partial charge in [0.2, 0.25) is 0 Å². The molecule has 4 atom stereocenters. The van der Waals surface area contributed by atoms with Crippen molar-refractivity contribution in [1.82, 2.24) is 0 Å². The molecule has 0 radical (unpaired) electrons. The molecule has 0 saturated heterocycles. The Bertz CT molecular complexity index is 332. The lowest BCUT2D eigenvalue weighted by Crippen LogP contribution is -2.50. The molecule has 1 N–H and O–H groups in total. The van der Waals surface area contributed by atoms with E-state index in [9.17, 15) is 9.90 Å². The van der Waals surface area contributed by atoms with Crippen LogP contribution < -0.4 is 0 Å². The minimum Gasteiger partial charge on any atom is -0.393 e. The number of aliphatic hydroxyl groups excluding tert-OH is 1. The van der Waals surface area contributed by atoms with E-state index in [2.05, 4.69) is 13.8 Å². The van der Waals surface area contributed by atoms with E-state index in [1.165, 1.54) is 0 Å². The minimum absolute atomic E-state index is 0.210. The van der Waals surface area contributed by atoms with Gasteiger partial charge in [-0.1, -0.05) is 19.9 Å². The van der Waals surface area contributed by atoms with Crippen molar-refractivity contribution in [3.8, 4) is 0 Å². The summed E-state index contributed by atoms with van der Waals surface area (Å²) in [6.07, 6.45) is 5.33. The molecule has 0 aromatic heterocycles. The molecule has 2 aliphatic carbocycles. The number of carbonyl (C=O) groups excluding carboxylic acids is 1. The number of rotatable bonds is 0. The monoisotopic (exact) mass is 222 g/mol. The average molecular weight is 222 g/mol. The SMILES string of the molecule is C/C=C1/CCC2[C@H](C)C(O)CC[C@]2(C)C1=O. The molecule has 0 aromatic rings. The van der Waals surface area contributed by atoms with Crippen molar-refractivity contribution in [3.63, 3.8) is 0 Å². The Balaban J connectivity index is 2.32. The van der Waals surface area contributed by atoms with Crippen molar-refractivity contribution < 1.29 is 9.90 Å². The van der Waals surface area contributed by atoms with Crippen LogP contribution in [-0.4, -0.2) is 17.0 Å². The summed E-state index contributed by atoms with van der Waals surface area (Å²) in [7, 11) is 0. The highest BCUT2D eigenvalue weighted by Gasteiger charge is 2.51. The lowest BCUT2D eigenvalue weighted by atomic mass is 9.55. The zero-order valence-corrected chi connectivity index (χ0v) is 10.5. The lowest BCUT2D eigenvalue weighted by molar-refractivity contribution is -0.138. The second-order valence-electron chi connectivity index (χ2n) is 5.67. The number of hydrogen-bond acceptors (Lipinski definition) is 2. The standard InChI is InChI=1S/C14H22O2/c1-4-10-5-6-11-9(2)12(15)7-8-14(11,3)13(10)16/h4,9,11-12,15H,5-8H2,1-3H3/b10-4-/t9-,11?,12?,14-/m0/s1. The van der Waals surface area contributed by atoms with Gasteiger partial charge in [0, 0.05) is 5.41 Å². The molecule has 0 spiro atoms. The van der Waals surface area contributed by atoms with Crippen molar-refractivity contribution >= 4 is 5.78 Å². The molecule has 2 aliphatic rings. The van der Waals surface area contributed by atoms with E-state index in [1.807, 2.05) is 13.0 Å². The third-order valence-corrected chi connectivity index (χ3v) is 4.90. The van der Waals surface area contributed by atoms with E-state index in [1.54, 1.807) is 0 Å². The predicted octanol–water partition coefficient (Wildman–Crippen LogP) is 2.71.